The second kappa shape index (κ2) is 28.2. The standard InChI is InChI=1S/C8H14O4S4.C4H8O2S.Cl2S2.ClH/c1-11-7(9)3-5-16(15-14-13)6-4-8(10)12-2;1-6-4(5)2-3-7;1-4(2)3;/h3-6H2,1-2H3;7H,2-3H2,1H3;;1H. The molecular formula is C12H23Cl3O6S7. The Bertz CT molecular complexity index is 540. The lowest BCUT2D eigenvalue weighted by Crippen LogP contribution is -2.12. The van der Waals surface area contributed by atoms with Crippen molar-refractivity contribution >= 4 is 122 Å². The van der Waals surface area contributed by atoms with Gasteiger partial charge in [0.25, 0.3) is 0 Å². The van der Waals surface area contributed by atoms with Crippen LogP contribution in [0.3, 0.4) is 0 Å². The average Bonchev–Trinajstić information content (AvgIpc) is 2.63. The van der Waals surface area contributed by atoms with Crippen LogP contribution in [0.5, 0.6) is 0 Å². The van der Waals surface area contributed by atoms with Crippen LogP contribution >= 0.6 is 46.4 Å². The first-order valence-electron chi connectivity index (χ1n) is 6.88. The minimum atomic E-state index is -0.833. The number of rotatable bonds is 8. The van der Waals surface area contributed by atoms with Crippen LogP contribution in [0.2, 0.25) is 0 Å². The fraction of sp³-hybridized carbons (Fsp3) is 0.750. The lowest BCUT2D eigenvalue weighted by Gasteiger charge is -2.04. The summed E-state index contributed by atoms with van der Waals surface area (Å²) in [5, 5.41) is 0. The molecule has 6 nitrogen and oxygen atoms in total. The first-order valence-corrected chi connectivity index (χ1v) is 16.5. The molecule has 170 valence electrons. The Labute approximate surface area is 206 Å². The third-order valence-corrected chi connectivity index (χ3v) is 9.46. The van der Waals surface area contributed by atoms with Crippen molar-refractivity contribution in [1.29, 1.82) is 0 Å². The SMILES string of the molecule is COC(=O)CCS.COC(=O)CCS(CCC(=O)OC)=S=S=S.Cl.S=S(Cl)Cl. The number of ether oxygens (including phenoxy) is 3. The number of methoxy groups -OCH3 is 3. The Morgan fingerprint density at radius 1 is 0.929 bits per heavy atom. The van der Waals surface area contributed by atoms with Crippen molar-refractivity contribution in [2.24, 2.45) is 0 Å². The summed E-state index contributed by atoms with van der Waals surface area (Å²) in [7, 11) is 15.7. The van der Waals surface area contributed by atoms with Gasteiger partial charge in [-0.1, -0.05) is 0 Å². The predicted octanol–water partition coefficient (Wildman–Crippen LogP) is 2.46. The highest BCUT2D eigenvalue weighted by atomic mass is 36.0. The number of hydrogen-bond acceptors (Lipinski definition) is 9. The smallest absolute Gasteiger partial charge is 0.306 e. The molecule has 0 radical (unpaired) electrons. The van der Waals surface area contributed by atoms with Crippen LogP contribution in [0.1, 0.15) is 19.3 Å². The molecule has 0 saturated heterocycles. The Hall–Kier alpha value is 1.21. The molecule has 0 spiro atoms. The van der Waals surface area contributed by atoms with E-state index in [1.165, 1.54) is 39.1 Å². The van der Waals surface area contributed by atoms with E-state index in [0.717, 1.165) is 0 Å². The topological polar surface area (TPSA) is 78.9 Å². The third kappa shape index (κ3) is 34.7. The highest BCUT2D eigenvalue weighted by Gasteiger charge is 2.06. The Balaban J connectivity index is -0.000000199. The van der Waals surface area contributed by atoms with Gasteiger partial charge in [-0.2, -0.15) is 12.6 Å². The second-order valence-electron chi connectivity index (χ2n) is 3.87. The molecule has 0 rings (SSSR count). The second-order valence-corrected chi connectivity index (χ2v) is 15.8. The minimum Gasteiger partial charge on any atom is -0.469 e. The Morgan fingerprint density at radius 3 is 1.46 bits per heavy atom. The van der Waals surface area contributed by atoms with Crippen LogP contribution in [-0.4, -0.2) is 56.5 Å². The fourth-order valence-corrected chi connectivity index (χ4v) is 7.59. The van der Waals surface area contributed by atoms with Gasteiger partial charge in [0.2, 0.25) is 0 Å². The molecular weight excluding hydrogens is 571 g/mol. The van der Waals surface area contributed by atoms with Crippen molar-refractivity contribution in [2.75, 3.05) is 38.6 Å². The van der Waals surface area contributed by atoms with Crippen molar-refractivity contribution < 1.29 is 28.6 Å². The third-order valence-electron chi connectivity index (χ3n) is 2.19. The lowest BCUT2D eigenvalue weighted by atomic mass is 10.5. The minimum absolute atomic E-state index is 0. The molecule has 0 aromatic carbocycles. The summed E-state index contributed by atoms with van der Waals surface area (Å²) in [5.74, 6) is 1.29. The zero-order valence-corrected chi connectivity index (χ0v) is 23.4. The van der Waals surface area contributed by atoms with E-state index in [-0.39, 0.29) is 39.8 Å². The van der Waals surface area contributed by atoms with Crippen LogP contribution in [0.4, 0.5) is 0 Å². The van der Waals surface area contributed by atoms with Gasteiger partial charge >= 0.3 is 17.9 Å². The maximum atomic E-state index is 11.0. The van der Waals surface area contributed by atoms with E-state index in [1.54, 1.807) is 0 Å². The highest BCUT2D eigenvalue weighted by Crippen LogP contribution is 1.96. The Kier molecular flexibility index (Phi) is 36.8. The van der Waals surface area contributed by atoms with E-state index in [4.69, 9.17) is 32.6 Å². The van der Waals surface area contributed by atoms with Crippen LogP contribution < -0.4 is 0 Å². The maximum absolute atomic E-state index is 11.0. The molecule has 0 amide bonds. The van der Waals surface area contributed by atoms with Crippen LogP contribution in [0.15, 0.2) is 0 Å². The van der Waals surface area contributed by atoms with Crippen molar-refractivity contribution in [1.82, 2.24) is 0 Å². The molecule has 0 unspecified atom stereocenters. The molecule has 0 aromatic heterocycles. The van der Waals surface area contributed by atoms with Crippen molar-refractivity contribution in [3.63, 3.8) is 0 Å². The molecule has 0 aliphatic heterocycles. The van der Waals surface area contributed by atoms with Gasteiger partial charge in [-0.3, -0.25) is 14.4 Å². The van der Waals surface area contributed by atoms with Gasteiger partial charge in [0.1, 0.15) is 0 Å². The van der Waals surface area contributed by atoms with E-state index in [0.29, 0.717) is 36.5 Å². The van der Waals surface area contributed by atoms with E-state index in [2.05, 4.69) is 38.0 Å². The first kappa shape index (κ1) is 36.6. The molecule has 16 heteroatoms. The van der Waals surface area contributed by atoms with Crippen molar-refractivity contribution in [3.8, 4) is 0 Å². The Morgan fingerprint density at radius 2 is 1.25 bits per heavy atom. The van der Waals surface area contributed by atoms with E-state index < -0.39 is 7.88 Å². The summed E-state index contributed by atoms with van der Waals surface area (Å²) in [6.07, 6.45) is 1.13. The fourth-order valence-electron chi connectivity index (χ4n) is 1.00. The van der Waals surface area contributed by atoms with Gasteiger partial charge < -0.3 is 14.2 Å². The summed E-state index contributed by atoms with van der Waals surface area (Å²) >= 11 is 12.8. The van der Waals surface area contributed by atoms with Gasteiger partial charge in [0, 0.05) is 17.3 Å². The molecule has 0 atom stereocenters. The van der Waals surface area contributed by atoms with Crippen LogP contribution in [0, 0.1) is 0 Å². The molecule has 0 saturated carbocycles. The molecule has 0 bridgehead atoms. The highest BCUT2D eigenvalue weighted by molar-refractivity contribution is 8.58. The number of esters is 3. The number of halogens is 3. The van der Waals surface area contributed by atoms with Gasteiger partial charge in [-0.05, 0) is 61.5 Å². The average molecular weight is 594 g/mol. The first-order chi connectivity index (χ1) is 12.7. The van der Waals surface area contributed by atoms with Crippen molar-refractivity contribution in [2.45, 2.75) is 19.3 Å². The lowest BCUT2D eigenvalue weighted by molar-refractivity contribution is -0.141. The summed E-state index contributed by atoms with van der Waals surface area (Å²) in [5.41, 5.74) is 0. The molecule has 0 aliphatic carbocycles. The summed E-state index contributed by atoms with van der Waals surface area (Å²) in [4.78, 5) is 32.1. The molecule has 0 fully saturated rings. The predicted molar refractivity (Wildman–Crippen MR) is 137 cm³/mol. The van der Waals surface area contributed by atoms with Gasteiger partial charge in [0.05, 0.1) is 48.5 Å². The van der Waals surface area contributed by atoms with Gasteiger partial charge in [-0.15, -0.1) is 21.9 Å². The summed E-state index contributed by atoms with van der Waals surface area (Å²) in [6, 6.07) is 0. The number of hydrogen-bond donors (Lipinski definition) is 1. The zero-order valence-electron chi connectivity index (χ0n) is 15.3. The van der Waals surface area contributed by atoms with Gasteiger partial charge in [0.15, 0.2) is 0 Å². The van der Waals surface area contributed by atoms with Gasteiger partial charge in [-0.25, -0.2) is 0 Å². The molecule has 0 N–H and O–H groups in total. The van der Waals surface area contributed by atoms with Crippen molar-refractivity contribution in [3.05, 3.63) is 0 Å². The number of carbonyl (C=O) groups excluding carboxylic acids is 3. The molecule has 0 heterocycles. The van der Waals surface area contributed by atoms with Crippen LogP contribution in [0.25, 0.3) is 0 Å². The molecule has 0 aromatic rings. The summed E-state index contributed by atoms with van der Waals surface area (Å²) < 4.78 is 13.4. The number of thiol groups is 1. The molecule has 28 heavy (non-hydrogen) atoms. The normalized spacial score (nSPS) is 8.86. The zero-order chi connectivity index (χ0) is 21.7. The maximum Gasteiger partial charge on any atom is 0.306 e. The monoisotopic (exact) mass is 592 g/mol. The number of carbonyl (C=O) groups is 3. The quantitative estimate of drug-likeness (QED) is 0.199. The largest absolute Gasteiger partial charge is 0.469 e. The van der Waals surface area contributed by atoms with E-state index >= 15 is 0 Å². The van der Waals surface area contributed by atoms with Crippen LogP contribution in [-0.2, 0) is 86.1 Å². The van der Waals surface area contributed by atoms with E-state index in [1.807, 2.05) is 0 Å². The molecule has 0 aliphatic rings. The summed E-state index contributed by atoms with van der Waals surface area (Å²) in [6.45, 7) is 0. The van der Waals surface area contributed by atoms with E-state index in [9.17, 15) is 14.4 Å².